The molecule has 1 aromatic carbocycles. The van der Waals surface area contributed by atoms with Gasteiger partial charge in [-0.25, -0.2) is 12.8 Å². The van der Waals surface area contributed by atoms with Gasteiger partial charge >= 0.3 is 0 Å². The summed E-state index contributed by atoms with van der Waals surface area (Å²) in [5.74, 6) is -0.558. The quantitative estimate of drug-likeness (QED) is 0.828. The van der Waals surface area contributed by atoms with Crippen LogP contribution in [0.3, 0.4) is 0 Å². The number of likely N-dealkylation sites (tertiary alicyclic amines) is 1. The van der Waals surface area contributed by atoms with Gasteiger partial charge in [0, 0.05) is 13.6 Å². The number of sulfonamides is 1. The summed E-state index contributed by atoms with van der Waals surface area (Å²) >= 11 is 0. The predicted octanol–water partition coefficient (Wildman–Crippen LogP) is 1.77. The van der Waals surface area contributed by atoms with Crippen LogP contribution in [0.4, 0.5) is 4.39 Å². The molecule has 1 aliphatic rings. The van der Waals surface area contributed by atoms with Gasteiger partial charge in [0.2, 0.25) is 15.9 Å². The second kappa shape index (κ2) is 6.75. The van der Waals surface area contributed by atoms with Crippen LogP contribution >= 0.6 is 0 Å². The number of hydrogen-bond acceptors (Lipinski definition) is 3. The lowest BCUT2D eigenvalue weighted by Crippen LogP contribution is -2.41. The molecule has 1 aromatic rings. The van der Waals surface area contributed by atoms with Crippen LogP contribution in [0, 0.1) is 5.82 Å². The molecule has 0 saturated carbocycles. The van der Waals surface area contributed by atoms with Crippen molar-refractivity contribution in [2.45, 2.75) is 25.8 Å². The van der Waals surface area contributed by atoms with Gasteiger partial charge in [0.05, 0.1) is 18.3 Å². The van der Waals surface area contributed by atoms with Crippen molar-refractivity contribution in [2.75, 3.05) is 25.9 Å². The standard InChI is InChI=1S/C15H21FN2O3S/c1-3-22(20,21)17(2)11-15(19)18-10-4-5-14(18)12-6-8-13(16)9-7-12/h6-9,14H,3-5,10-11H2,1-2H3/t14-/m0/s1. The maximum absolute atomic E-state index is 13.0. The summed E-state index contributed by atoms with van der Waals surface area (Å²) in [6.45, 7) is 1.99. The van der Waals surface area contributed by atoms with Crippen LogP contribution in [0.5, 0.6) is 0 Å². The van der Waals surface area contributed by atoms with Crippen molar-refractivity contribution >= 4 is 15.9 Å². The molecular weight excluding hydrogens is 307 g/mol. The number of carbonyl (C=O) groups excluding carboxylic acids is 1. The van der Waals surface area contributed by atoms with Crippen molar-refractivity contribution in [3.8, 4) is 0 Å². The van der Waals surface area contributed by atoms with E-state index in [9.17, 15) is 17.6 Å². The zero-order chi connectivity index (χ0) is 16.3. The van der Waals surface area contributed by atoms with Gasteiger partial charge in [-0.15, -0.1) is 0 Å². The highest BCUT2D eigenvalue weighted by atomic mass is 32.2. The van der Waals surface area contributed by atoms with Gasteiger partial charge in [-0.05, 0) is 37.5 Å². The molecule has 1 aliphatic heterocycles. The van der Waals surface area contributed by atoms with Crippen LogP contribution in [0.2, 0.25) is 0 Å². The number of carbonyl (C=O) groups is 1. The van der Waals surface area contributed by atoms with E-state index in [2.05, 4.69) is 0 Å². The van der Waals surface area contributed by atoms with Crippen LogP contribution in [0.25, 0.3) is 0 Å². The molecule has 0 aromatic heterocycles. The van der Waals surface area contributed by atoms with Crippen molar-refractivity contribution in [1.29, 1.82) is 0 Å². The monoisotopic (exact) mass is 328 g/mol. The molecule has 7 heteroatoms. The number of halogens is 1. The average Bonchev–Trinajstić information content (AvgIpc) is 2.97. The number of likely N-dealkylation sites (N-methyl/N-ethyl adjacent to an activating group) is 1. The van der Waals surface area contributed by atoms with E-state index >= 15 is 0 Å². The van der Waals surface area contributed by atoms with Gasteiger partial charge in [-0.2, -0.15) is 4.31 Å². The minimum absolute atomic E-state index is 0.0296. The molecule has 122 valence electrons. The summed E-state index contributed by atoms with van der Waals surface area (Å²) in [4.78, 5) is 14.1. The molecule has 0 aliphatic carbocycles. The van der Waals surface area contributed by atoms with Crippen molar-refractivity contribution in [3.63, 3.8) is 0 Å². The van der Waals surface area contributed by atoms with E-state index in [1.165, 1.54) is 19.2 Å². The highest BCUT2D eigenvalue weighted by molar-refractivity contribution is 7.89. The fourth-order valence-electron chi connectivity index (χ4n) is 2.70. The number of nitrogens with zero attached hydrogens (tertiary/aromatic N) is 2. The SMILES string of the molecule is CCS(=O)(=O)N(C)CC(=O)N1CCC[C@H]1c1ccc(F)cc1. The van der Waals surface area contributed by atoms with Gasteiger partial charge in [-0.3, -0.25) is 4.79 Å². The number of amides is 1. The van der Waals surface area contributed by atoms with Crippen LogP contribution in [-0.4, -0.2) is 49.4 Å². The first-order chi connectivity index (χ1) is 10.3. The van der Waals surface area contributed by atoms with Crippen LogP contribution in [0.1, 0.15) is 31.4 Å². The Hall–Kier alpha value is -1.47. The molecule has 0 radical (unpaired) electrons. The summed E-state index contributed by atoms with van der Waals surface area (Å²) in [7, 11) is -1.96. The van der Waals surface area contributed by atoms with Crippen molar-refractivity contribution in [2.24, 2.45) is 0 Å². The summed E-state index contributed by atoms with van der Waals surface area (Å²) in [6, 6.07) is 6.01. The Bertz CT molecular complexity index is 631. The zero-order valence-corrected chi connectivity index (χ0v) is 13.6. The first-order valence-corrected chi connectivity index (χ1v) is 8.95. The third-order valence-electron chi connectivity index (χ3n) is 4.03. The molecule has 0 spiro atoms. The number of hydrogen-bond donors (Lipinski definition) is 0. The van der Waals surface area contributed by atoms with Crippen LogP contribution in [-0.2, 0) is 14.8 Å². The predicted molar refractivity (Wildman–Crippen MR) is 82.2 cm³/mol. The Labute approximate surface area is 130 Å². The topological polar surface area (TPSA) is 57.7 Å². The summed E-state index contributed by atoms with van der Waals surface area (Å²) in [5.41, 5.74) is 0.883. The van der Waals surface area contributed by atoms with Crippen LogP contribution in [0.15, 0.2) is 24.3 Å². The molecule has 1 saturated heterocycles. The molecule has 1 fully saturated rings. The van der Waals surface area contributed by atoms with E-state index in [4.69, 9.17) is 0 Å². The van der Waals surface area contributed by atoms with Gasteiger partial charge in [-0.1, -0.05) is 12.1 Å². The molecule has 1 amide bonds. The Morgan fingerprint density at radius 3 is 2.59 bits per heavy atom. The molecule has 1 atom stereocenters. The Balaban J connectivity index is 2.10. The lowest BCUT2D eigenvalue weighted by molar-refractivity contribution is -0.132. The van der Waals surface area contributed by atoms with E-state index in [0.29, 0.717) is 6.54 Å². The third kappa shape index (κ3) is 3.64. The summed E-state index contributed by atoms with van der Waals surface area (Å²) in [5, 5.41) is 0. The summed E-state index contributed by atoms with van der Waals surface area (Å²) in [6.07, 6.45) is 1.67. The van der Waals surface area contributed by atoms with E-state index in [1.807, 2.05) is 0 Å². The molecular formula is C15H21FN2O3S. The van der Waals surface area contributed by atoms with E-state index in [0.717, 1.165) is 22.7 Å². The van der Waals surface area contributed by atoms with Crippen LogP contribution < -0.4 is 0 Å². The Morgan fingerprint density at radius 2 is 2.00 bits per heavy atom. The molecule has 22 heavy (non-hydrogen) atoms. The number of benzene rings is 1. The Morgan fingerprint density at radius 1 is 1.36 bits per heavy atom. The molecule has 0 N–H and O–H groups in total. The number of rotatable bonds is 5. The van der Waals surface area contributed by atoms with Gasteiger partial charge in [0.15, 0.2) is 0 Å². The summed E-state index contributed by atoms with van der Waals surface area (Å²) < 4.78 is 37.6. The van der Waals surface area contributed by atoms with Gasteiger partial charge in [0.1, 0.15) is 5.82 Å². The lowest BCUT2D eigenvalue weighted by atomic mass is 10.0. The zero-order valence-electron chi connectivity index (χ0n) is 12.8. The van der Waals surface area contributed by atoms with Crippen molar-refractivity contribution in [1.82, 2.24) is 9.21 Å². The lowest BCUT2D eigenvalue weighted by Gasteiger charge is -2.27. The average molecular weight is 328 g/mol. The molecule has 5 nitrogen and oxygen atoms in total. The smallest absolute Gasteiger partial charge is 0.238 e. The minimum atomic E-state index is -3.37. The normalized spacial score (nSPS) is 18.9. The fourth-order valence-corrected chi connectivity index (χ4v) is 3.44. The second-order valence-electron chi connectivity index (χ2n) is 5.45. The molecule has 0 bridgehead atoms. The maximum Gasteiger partial charge on any atom is 0.238 e. The van der Waals surface area contributed by atoms with Gasteiger partial charge < -0.3 is 4.90 Å². The van der Waals surface area contributed by atoms with Crippen molar-refractivity contribution < 1.29 is 17.6 Å². The highest BCUT2D eigenvalue weighted by Gasteiger charge is 2.31. The van der Waals surface area contributed by atoms with Gasteiger partial charge in [0.25, 0.3) is 0 Å². The second-order valence-corrected chi connectivity index (χ2v) is 7.82. The molecule has 1 heterocycles. The maximum atomic E-state index is 13.0. The highest BCUT2D eigenvalue weighted by Crippen LogP contribution is 2.32. The van der Waals surface area contributed by atoms with Crippen molar-refractivity contribution in [3.05, 3.63) is 35.6 Å². The first kappa shape index (κ1) is 16.9. The van der Waals surface area contributed by atoms with E-state index in [-0.39, 0.29) is 30.1 Å². The molecule has 0 unspecified atom stereocenters. The largest absolute Gasteiger partial charge is 0.335 e. The minimum Gasteiger partial charge on any atom is -0.335 e. The Kier molecular flexibility index (Phi) is 5.18. The van der Waals surface area contributed by atoms with E-state index < -0.39 is 10.0 Å². The first-order valence-electron chi connectivity index (χ1n) is 7.34. The fraction of sp³-hybridized carbons (Fsp3) is 0.533. The third-order valence-corrected chi connectivity index (χ3v) is 5.83. The molecule has 2 rings (SSSR count). The van der Waals surface area contributed by atoms with E-state index in [1.54, 1.807) is 24.0 Å².